The molecule has 0 bridgehead atoms. The lowest BCUT2D eigenvalue weighted by Gasteiger charge is -2.11. The van der Waals surface area contributed by atoms with E-state index < -0.39 is 12.1 Å². The van der Waals surface area contributed by atoms with E-state index in [1.807, 2.05) is 30.3 Å². The predicted molar refractivity (Wildman–Crippen MR) is 118 cm³/mol. The van der Waals surface area contributed by atoms with Crippen LogP contribution < -0.4 is 10.6 Å². The van der Waals surface area contributed by atoms with E-state index in [0.717, 1.165) is 5.56 Å². The van der Waals surface area contributed by atoms with E-state index in [2.05, 4.69) is 10.4 Å². The molecule has 0 saturated carbocycles. The molecule has 0 atom stereocenters. The van der Waals surface area contributed by atoms with Crippen LogP contribution in [0.5, 0.6) is 0 Å². The van der Waals surface area contributed by atoms with Crippen molar-refractivity contribution in [2.75, 3.05) is 10.6 Å². The standard InChI is InChI=1S/C24H17F3N4O2/c25-24(26,27)23(33)29-19-13-11-18(12-14-19)28-21-15-20(16-7-3-1-4-8-16)30-31(21)22(32)17-9-5-2-6-10-17/h1-15,28H,(H,29,33). The number of halogens is 3. The molecule has 9 heteroatoms. The fraction of sp³-hybridized carbons (Fsp3) is 0.0417. The fourth-order valence-electron chi connectivity index (χ4n) is 3.06. The summed E-state index contributed by atoms with van der Waals surface area (Å²) < 4.78 is 38.5. The molecule has 0 unspecified atom stereocenters. The van der Waals surface area contributed by atoms with Gasteiger partial charge in [0.15, 0.2) is 0 Å². The molecule has 6 nitrogen and oxygen atoms in total. The number of hydrogen-bond acceptors (Lipinski definition) is 4. The number of benzene rings is 3. The van der Waals surface area contributed by atoms with Crippen molar-refractivity contribution in [3.05, 3.63) is 96.6 Å². The molecular weight excluding hydrogens is 433 g/mol. The second-order valence-electron chi connectivity index (χ2n) is 7.02. The van der Waals surface area contributed by atoms with Gasteiger partial charge in [-0.05, 0) is 36.4 Å². The zero-order valence-electron chi connectivity index (χ0n) is 17.0. The maximum Gasteiger partial charge on any atom is 0.471 e. The Morgan fingerprint density at radius 2 is 1.36 bits per heavy atom. The number of nitrogens with one attached hydrogen (secondary N) is 2. The van der Waals surface area contributed by atoms with E-state index >= 15 is 0 Å². The van der Waals surface area contributed by atoms with Gasteiger partial charge < -0.3 is 10.6 Å². The van der Waals surface area contributed by atoms with Gasteiger partial charge in [-0.3, -0.25) is 9.59 Å². The molecule has 1 amide bonds. The van der Waals surface area contributed by atoms with Gasteiger partial charge in [0.05, 0.1) is 5.69 Å². The average Bonchev–Trinajstić information content (AvgIpc) is 3.24. The lowest BCUT2D eigenvalue weighted by molar-refractivity contribution is -0.167. The first-order valence-electron chi connectivity index (χ1n) is 9.82. The maximum absolute atomic E-state index is 13.1. The number of anilines is 3. The van der Waals surface area contributed by atoms with Crippen LogP contribution in [0.4, 0.5) is 30.4 Å². The highest BCUT2D eigenvalue weighted by Gasteiger charge is 2.38. The molecule has 0 aliphatic heterocycles. The van der Waals surface area contributed by atoms with Gasteiger partial charge in [0.1, 0.15) is 5.82 Å². The van der Waals surface area contributed by atoms with Gasteiger partial charge in [-0.1, -0.05) is 48.5 Å². The van der Waals surface area contributed by atoms with Gasteiger partial charge in [0, 0.05) is 28.6 Å². The Labute approximate surface area is 186 Å². The smallest absolute Gasteiger partial charge is 0.340 e. The largest absolute Gasteiger partial charge is 0.471 e. The third-order valence-electron chi connectivity index (χ3n) is 4.66. The van der Waals surface area contributed by atoms with Gasteiger partial charge in [-0.25, -0.2) is 0 Å². The lowest BCUT2D eigenvalue weighted by atomic mass is 10.1. The number of carbonyl (C=O) groups excluding carboxylic acids is 2. The number of hydrogen-bond donors (Lipinski definition) is 2. The van der Waals surface area contributed by atoms with Crippen molar-refractivity contribution in [3.63, 3.8) is 0 Å². The maximum atomic E-state index is 13.1. The Hall–Kier alpha value is -4.40. The van der Waals surface area contributed by atoms with Gasteiger partial charge in [0.25, 0.3) is 5.91 Å². The Morgan fingerprint density at radius 3 is 1.97 bits per heavy atom. The molecule has 1 aromatic heterocycles. The third-order valence-corrected chi connectivity index (χ3v) is 4.66. The minimum absolute atomic E-state index is 0.0123. The van der Waals surface area contributed by atoms with E-state index in [4.69, 9.17) is 0 Å². The van der Waals surface area contributed by atoms with Gasteiger partial charge in [0.2, 0.25) is 0 Å². The zero-order valence-corrected chi connectivity index (χ0v) is 17.0. The van der Waals surface area contributed by atoms with Crippen molar-refractivity contribution in [3.8, 4) is 11.3 Å². The summed E-state index contributed by atoms with van der Waals surface area (Å²) in [6, 6.07) is 25.3. The Morgan fingerprint density at radius 1 is 0.788 bits per heavy atom. The number of nitrogens with zero attached hydrogens (tertiary/aromatic N) is 2. The lowest BCUT2D eigenvalue weighted by Crippen LogP contribution is -2.29. The van der Waals surface area contributed by atoms with Crippen LogP contribution in [0.1, 0.15) is 10.4 Å². The van der Waals surface area contributed by atoms with Crippen LogP contribution in [0, 0.1) is 0 Å². The van der Waals surface area contributed by atoms with Crippen LogP contribution in [-0.4, -0.2) is 27.8 Å². The average molecular weight is 450 g/mol. The Kier molecular flexibility index (Phi) is 5.95. The molecule has 33 heavy (non-hydrogen) atoms. The quantitative estimate of drug-likeness (QED) is 0.422. The number of aromatic nitrogens is 2. The molecule has 0 aliphatic carbocycles. The zero-order chi connectivity index (χ0) is 23.4. The first-order valence-corrected chi connectivity index (χ1v) is 9.82. The van der Waals surface area contributed by atoms with Gasteiger partial charge >= 0.3 is 12.1 Å². The Balaban J connectivity index is 1.63. The third kappa shape index (κ3) is 5.09. The molecule has 2 N–H and O–H groups in total. The molecule has 0 aliphatic rings. The molecular formula is C24H17F3N4O2. The van der Waals surface area contributed by atoms with Crippen molar-refractivity contribution < 1.29 is 22.8 Å². The molecule has 3 aromatic carbocycles. The second kappa shape index (κ2) is 8.99. The van der Waals surface area contributed by atoms with E-state index in [1.54, 1.807) is 41.7 Å². The van der Waals surface area contributed by atoms with Crippen molar-refractivity contribution in [2.24, 2.45) is 0 Å². The minimum atomic E-state index is -4.98. The van der Waals surface area contributed by atoms with E-state index in [9.17, 15) is 22.8 Å². The summed E-state index contributed by atoms with van der Waals surface area (Å²) in [7, 11) is 0. The Bertz CT molecular complexity index is 1270. The highest BCUT2D eigenvalue weighted by atomic mass is 19.4. The molecule has 1 heterocycles. The molecule has 166 valence electrons. The van der Waals surface area contributed by atoms with Crippen molar-refractivity contribution >= 4 is 29.0 Å². The minimum Gasteiger partial charge on any atom is -0.340 e. The summed E-state index contributed by atoms with van der Waals surface area (Å²) >= 11 is 0. The van der Waals surface area contributed by atoms with Gasteiger partial charge in [-0.15, -0.1) is 0 Å². The predicted octanol–water partition coefficient (Wildman–Crippen LogP) is 5.48. The van der Waals surface area contributed by atoms with Crippen LogP contribution >= 0.6 is 0 Å². The first-order chi connectivity index (χ1) is 15.8. The summed E-state index contributed by atoms with van der Waals surface area (Å²) in [5.74, 6) is -2.04. The molecule has 0 spiro atoms. The highest BCUT2D eigenvalue weighted by molar-refractivity contribution is 5.98. The summed E-state index contributed by atoms with van der Waals surface area (Å²) in [4.78, 5) is 24.2. The first kappa shape index (κ1) is 21.8. The number of rotatable bonds is 5. The van der Waals surface area contributed by atoms with E-state index in [1.165, 1.54) is 28.9 Å². The summed E-state index contributed by atoms with van der Waals surface area (Å²) in [6.45, 7) is 0. The number of alkyl halides is 3. The molecule has 0 radical (unpaired) electrons. The van der Waals surface area contributed by atoms with Crippen LogP contribution in [0.3, 0.4) is 0 Å². The molecule has 0 fully saturated rings. The molecule has 4 aromatic rings. The number of carbonyl (C=O) groups is 2. The van der Waals surface area contributed by atoms with Crippen LogP contribution in [0.15, 0.2) is 91.0 Å². The molecule has 4 rings (SSSR count). The SMILES string of the molecule is O=C(c1ccccc1)n1nc(-c2ccccc2)cc1Nc1ccc(NC(=O)C(F)(F)F)cc1. The van der Waals surface area contributed by atoms with E-state index in [0.29, 0.717) is 22.8 Å². The second-order valence-corrected chi connectivity index (χ2v) is 7.02. The van der Waals surface area contributed by atoms with Crippen LogP contribution in [0.25, 0.3) is 11.3 Å². The topological polar surface area (TPSA) is 76.0 Å². The van der Waals surface area contributed by atoms with Crippen LogP contribution in [0.2, 0.25) is 0 Å². The fourth-order valence-corrected chi connectivity index (χ4v) is 3.06. The number of amides is 1. The van der Waals surface area contributed by atoms with Crippen molar-refractivity contribution in [1.82, 2.24) is 9.78 Å². The summed E-state index contributed by atoms with van der Waals surface area (Å²) in [5, 5.41) is 9.31. The summed E-state index contributed by atoms with van der Waals surface area (Å²) in [6.07, 6.45) is -4.98. The van der Waals surface area contributed by atoms with Crippen molar-refractivity contribution in [2.45, 2.75) is 6.18 Å². The molecule has 0 saturated heterocycles. The van der Waals surface area contributed by atoms with E-state index in [-0.39, 0.29) is 11.6 Å². The highest BCUT2D eigenvalue weighted by Crippen LogP contribution is 2.26. The monoisotopic (exact) mass is 450 g/mol. The summed E-state index contributed by atoms with van der Waals surface area (Å²) in [5.41, 5.74) is 2.29. The van der Waals surface area contributed by atoms with Gasteiger partial charge in [-0.2, -0.15) is 23.0 Å². The van der Waals surface area contributed by atoms with Crippen LogP contribution in [-0.2, 0) is 4.79 Å². The van der Waals surface area contributed by atoms with Crippen molar-refractivity contribution in [1.29, 1.82) is 0 Å². The normalized spacial score (nSPS) is 11.1.